The molecule has 90 valence electrons. The van der Waals surface area contributed by atoms with Gasteiger partial charge >= 0.3 is 11.4 Å². The zero-order valence-corrected chi connectivity index (χ0v) is 11.0. The van der Waals surface area contributed by atoms with Crippen molar-refractivity contribution in [3.8, 4) is 0 Å². The number of rotatable bonds is 3. The van der Waals surface area contributed by atoms with Gasteiger partial charge in [-0.3, -0.25) is 4.57 Å². The fraction of sp³-hybridized carbons (Fsp3) is 0.333. The Morgan fingerprint density at radius 2 is 2.12 bits per heavy atom. The normalized spacial score (nSPS) is 10.9. The third-order valence-electron chi connectivity index (χ3n) is 2.60. The molecule has 1 aromatic carbocycles. The molecule has 0 unspecified atom stereocenters. The van der Waals surface area contributed by atoms with Crippen LogP contribution in [-0.2, 0) is 6.54 Å². The molecule has 0 aliphatic rings. The summed E-state index contributed by atoms with van der Waals surface area (Å²) in [5.41, 5.74) is 0.0435. The maximum Gasteiger partial charge on any atom is 0.422 e. The number of aryl methyl sites for hydroxylation is 1. The van der Waals surface area contributed by atoms with E-state index in [4.69, 9.17) is 4.42 Å². The van der Waals surface area contributed by atoms with E-state index in [9.17, 15) is 9.59 Å². The van der Waals surface area contributed by atoms with Gasteiger partial charge in [0.1, 0.15) is 0 Å². The molecular formula is C12H12BrNO3. The summed E-state index contributed by atoms with van der Waals surface area (Å²) in [5, 5.41) is 0.426. The number of aromatic nitrogens is 1. The zero-order chi connectivity index (χ0) is 12.4. The van der Waals surface area contributed by atoms with Crippen molar-refractivity contribution in [2.45, 2.75) is 26.3 Å². The van der Waals surface area contributed by atoms with Crippen molar-refractivity contribution in [2.24, 2.45) is 0 Å². The molecule has 1 heterocycles. The van der Waals surface area contributed by atoms with Gasteiger partial charge in [-0.05, 0) is 24.6 Å². The summed E-state index contributed by atoms with van der Waals surface area (Å²) >= 11 is 3.29. The fourth-order valence-corrected chi connectivity index (χ4v) is 2.08. The molecule has 0 atom stereocenters. The molecule has 0 saturated heterocycles. The third kappa shape index (κ3) is 2.34. The zero-order valence-electron chi connectivity index (χ0n) is 9.40. The first-order valence-electron chi connectivity index (χ1n) is 5.46. The standard InChI is InChI=1S/C12H12BrNO3/c1-2-3-6-14-10-5-4-8(13)7-9(10)11(15)17-12(14)16/h4-5,7H,2-3,6H2,1H3. The molecule has 17 heavy (non-hydrogen) atoms. The van der Waals surface area contributed by atoms with E-state index in [1.807, 2.05) is 13.0 Å². The number of hydrogen-bond donors (Lipinski definition) is 0. The van der Waals surface area contributed by atoms with E-state index >= 15 is 0 Å². The molecule has 5 heteroatoms. The lowest BCUT2D eigenvalue weighted by Crippen LogP contribution is -2.25. The third-order valence-corrected chi connectivity index (χ3v) is 3.10. The van der Waals surface area contributed by atoms with Crippen LogP contribution in [0.1, 0.15) is 19.8 Å². The Balaban J connectivity index is 2.74. The molecule has 0 bridgehead atoms. The maximum absolute atomic E-state index is 11.6. The Hall–Kier alpha value is -1.36. The van der Waals surface area contributed by atoms with E-state index in [0.29, 0.717) is 17.4 Å². The second kappa shape index (κ2) is 4.87. The van der Waals surface area contributed by atoms with Gasteiger partial charge in [0, 0.05) is 11.0 Å². The van der Waals surface area contributed by atoms with Gasteiger partial charge in [-0.15, -0.1) is 0 Å². The molecule has 0 aliphatic heterocycles. The van der Waals surface area contributed by atoms with E-state index in [0.717, 1.165) is 17.3 Å². The van der Waals surface area contributed by atoms with Crippen molar-refractivity contribution in [2.75, 3.05) is 0 Å². The lowest BCUT2D eigenvalue weighted by molar-refractivity contribution is 0.412. The minimum Gasteiger partial charge on any atom is -0.372 e. The van der Waals surface area contributed by atoms with Gasteiger partial charge in [-0.25, -0.2) is 9.59 Å². The van der Waals surface area contributed by atoms with Gasteiger partial charge in [0.05, 0.1) is 10.9 Å². The fourth-order valence-electron chi connectivity index (χ4n) is 1.72. The van der Waals surface area contributed by atoms with Crippen LogP contribution in [0.15, 0.2) is 36.7 Å². The van der Waals surface area contributed by atoms with Gasteiger partial charge in [0.15, 0.2) is 0 Å². The first kappa shape index (κ1) is 12.1. The molecule has 0 saturated carbocycles. The Labute approximate surface area is 106 Å². The highest BCUT2D eigenvalue weighted by atomic mass is 79.9. The summed E-state index contributed by atoms with van der Waals surface area (Å²) in [6.07, 6.45) is 1.85. The van der Waals surface area contributed by atoms with Crippen LogP contribution in [0.25, 0.3) is 10.9 Å². The van der Waals surface area contributed by atoms with Crippen LogP contribution in [0.5, 0.6) is 0 Å². The van der Waals surface area contributed by atoms with Crippen LogP contribution in [0.2, 0.25) is 0 Å². The first-order valence-corrected chi connectivity index (χ1v) is 6.26. The summed E-state index contributed by atoms with van der Waals surface area (Å²) < 4.78 is 7.00. The molecule has 0 spiro atoms. The largest absolute Gasteiger partial charge is 0.422 e. The molecule has 0 N–H and O–H groups in total. The number of unbranched alkanes of at least 4 members (excludes halogenated alkanes) is 1. The topological polar surface area (TPSA) is 52.2 Å². The van der Waals surface area contributed by atoms with Crippen LogP contribution >= 0.6 is 15.9 Å². The Bertz CT molecular complexity index is 657. The van der Waals surface area contributed by atoms with Crippen molar-refractivity contribution < 1.29 is 4.42 Å². The molecule has 1 aromatic heterocycles. The van der Waals surface area contributed by atoms with Crippen LogP contribution in [-0.4, -0.2) is 4.57 Å². The number of hydrogen-bond acceptors (Lipinski definition) is 3. The highest BCUT2D eigenvalue weighted by Gasteiger charge is 2.09. The quantitative estimate of drug-likeness (QED) is 0.875. The molecule has 2 aromatic rings. The second-order valence-corrected chi connectivity index (χ2v) is 4.74. The number of benzene rings is 1. The first-order chi connectivity index (χ1) is 8.13. The minimum atomic E-state index is -0.585. The predicted octanol–water partition coefficient (Wildman–Crippen LogP) is 2.52. The van der Waals surface area contributed by atoms with Crippen molar-refractivity contribution in [1.82, 2.24) is 4.57 Å². The number of nitrogens with zero attached hydrogens (tertiary/aromatic N) is 1. The van der Waals surface area contributed by atoms with Crippen LogP contribution in [0.3, 0.4) is 0 Å². The average Bonchev–Trinajstić information content (AvgIpc) is 2.29. The van der Waals surface area contributed by atoms with E-state index in [-0.39, 0.29) is 0 Å². The van der Waals surface area contributed by atoms with Crippen molar-refractivity contribution in [1.29, 1.82) is 0 Å². The average molecular weight is 298 g/mol. The number of fused-ring (bicyclic) bond motifs is 1. The van der Waals surface area contributed by atoms with E-state index < -0.39 is 11.4 Å². The molecular weight excluding hydrogens is 286 g/mol. The molecule has 0 amide bonds. The number of halogens is 1. The summed E-state index contributed by atoms with van der Waals surface area (Å²) in [7, 11) is 0. The van der Waals surface area contributed by atoms with Crippen molar-refractivity contribution in [3.63, 3.8) is 0 Å². The predicted molar refractivity (Wildman–Crippen MR) is 69.4 cm³/mol. The Morgan fingerprint density at radius 3 is 2.82 bits per heavy atom. The summed E-state index contributed by atoms with van der Waals surface area (Å²) in [5.74, 6) is -0.585. The van der Waals surface area contributed by atoms with Crippen molar-refractivity contribution >= 4 is 26.8 Å². The van der Waals surface area contributed by atoms with Crippen molar-refractivity contribution in [3.05, 3.63) is 43.6 Å². The lowest BCUT2D eigenvalue weighted by Gasteiger charge is -2.07. The van der Waals surface area contributed by atoms with E-state index in [1.165, 1.54) is 4.57 Å². The van der Waals surface area contributed by atoms with Crippen LogP contribution < -0.4 is 11.4 Å². The van der Waals surface area contributed by atoms with Gasteiger partial charge < -0.3 is 4.42 Å². The summed E-state index contributed by atoms with van der Waals surface area (Å²) in [6.45, 7) is 2.61. The lowest BCUT2D eigenvalue weighted by atomic mass is 10.2. The smallest absolute Gasteiger partial charge is 0.372 e. The molecule has 0 radical (unpaired) electrons. The van der Waals surface area contributed by atoms with Gasteiger partial charge in [-0.1, -0.05) is 29.3 Å². The summed E-state index contributed by atoms with van der Waals surface area (Å²) in [4.78, 5) is 23.2. The summed E-state index contributed by atoms with van der Waals surface area (Å²) in [6, 6.07) is 5.24. The van der Waals surface area contributed by atoms with Gasteiger partial charge in [0.25, 0.3) is 0 Å². The monoisotopic (exact) mass is 297 g/mol. The molecule has 0 fully saturated rings. The van der Waals surface area contributed by atoms with Crippen LogP contribution in [0.4, 0.5) is 0 Å². The highest BCUT2D eigenvalue weighted by molar-refractivity contribution is 9.10. The molecule has 2 rings (SSSR count). The second-order valence-electron chi connectivity index (χ2n) is 3.82. The minimum absolute atomic E-state index is 0.426. The Morgan fingerprint density at radius 1 is 1.35 bits per heavy atom. The van der Waals surface area contributed by atoms with E-state index in [2.05, 4.69) is 15.9 Å². The van der Waals surface area contributed by atoms with Gasteiger partial charge in [-0.2, -0.15) is 0 Å². The molecule has 0 aliphatic carbocycles. The maximum atomic E-state index is 11.6. The molecule has 4 nitrogen and oxygen atoms in total. The highest BCUT2D eigenvalue weighted by Crippen LogP contribution is 2.16. The van der Waals surface area contributed by atoms with Gasteiger partial charge in [0.2, 0.25) is 0 Å². The Kier molecular flexibility index (Phi) is 3.47. The van der Waals surface area contributed by atoms with Crippen LogP contribution in [0, 0.1) is 0 Å². The van der Waals surface area contributed by atoms with E-state index in [1.54, 1.807) is 12.1 Å². The SMILES string of the molecule is CCCCn1c(=O)oc(=O)c2cc(Br)ccc21.